The summed E-state index contributed by atoms with van der Waals surface area (Å²) in [5, 5.41) is 0. The fourth-order valence-corrected chi connectivity index (χ4v) is 0.810. The summed E-state index contributed by atoms with van der Waals surface area (Å²) in [6.45, 7) is 12.8. The average molecular weight is 154 g/mol. The summed E-state index contributed by atoms with van der Waals surface area (Å²) in [5.41, 5.74) is 0. The summed E-state index contributed by atoms with van der Waals surface area (Å²) in [4.78, 5) is 5.62. The molecule has 11 heavy (non-hydrogen) atoms. The molecule has 0 rings (SSSR count). The van der Waals surface area contributed by atoms with Crippen LogP contribution in [-0.2, 0) is 0 Å². The second-order valence-electron chi connectivity index (χ2n) is 3.16. The minimum atomic E-state index is 0.628. The Kier molecular flexibility index (Phi) is 5.87. The zero-order valence-electron chi connectivity index (χ0n) is 7.80. The van der Waals surface area contributed by atoms with Gasteiger partial charge in [0.2, 0.25) is 6.54 Å². The Morgan fingerprint density at radius 3 is 2.45 bits per heavy atom. The monoisotopic (exact) mass is 154 g/mol. The van der Waals surface area contributed by atoms with Gasteiger partial charge in [-0.1, -0.05) is 0 Å². The fraction of sp³-hybridized carbons (Fsp3) is 0.889. The van der Waals surface area contributed by atoms with Crippen LogP contribution in [0.25, 0.3) is 4.85 Å². The van der Waals surface area contributed by atoms with Crippen LogP contribution >= 0.6 is 0 Å². The standard InChI is InChI=1S/C9H18N2/c1-9(2)11(4)8-6-5-7-10-3/h9H,5-8H2,1-2,4H3. The third kappa shape index (κ3) is 5.87. The van der Waals surface area contributed by atoms with Crippen LogP contribution in [0.3, 0.4) is 0 Å². The van der Waals surface area contributed by atoms with E-state index in [9.17, 15) is 0 Å². The van der Waals surface area contributed by atoms with Crippen LogP contribution in [-0.4, -0.2) is 31.1 Å². The molecule has 0 heterocycles. The zero-order valence-corrected chi connectivity index (χ0v) is 7.80. The number of rotatable bonds is 5. The van der Waals surface area contributed by atoms with E-state index >= 15 is 0 Å². The van der Waals surface area contributed by atoms with E-state index in [-0.39, 0.29) is 0 Å². The van der Waals surface area contributed by atoms with E-state index in [1.807, 2.05) is 0 Å². The Hall–Kier alpha value is -0.550. The van der Waals surface area contributed by atoms with E-state index in [1.165, 1.54) is 0 Å². The molecule has 0 amide bonds. The summed E-state index contributed by atoms with van der Waals surface area (Å²) in [5.74, 6) is 0. The van der Waals surface area contributed by atoms with E-state index in [0.29, 0.717) is 12.6 Å². The third-order valence-corrected chi connectivity index (χ3v) is 1.91. The Morgan fingerprint density at radius 1 is 1.36 bits per heavy atom. The number of unbranched alkanes of at least 4 members (excludes halogenated alkanes) is 1. The number of hydrogen-bond acceptors (Lipinski definition) is 1. The summed E-state index contributed by atoms with van der Waals surface area (Å²) < 4.78 is 0. The van der Waals surface area contributed by atoms with Gasteiger partial charge in [-0.05, 0) is 33.9 Å². The minimum absolute atomic E-state index is 0.628. The quantitative estimate of drug-likeness (QED) is 0.434. The molecule has 0 aromatic rings. The molecule has 0 radical (unpaired) electrons. The molecule has 0 fully saturated rings. The molecule has 0 aliphatic heterocycles. The van der Waals surface area contributed by atoms with Crippen molar-refractivity contribution in [3.63, 3.8) is 0 Å². The minimum Gasteiger partial charge on any atom is -0.317 e. The summed E-state index contributed by atoms with van der Waals surface area (Å²) in [6.07, 6.45) is 2.19. The molecule has 0 aliphatic rings. The zero-order chi connectivity index (χ0) is 8.69. The molecule has 0 N–H and O–H groups in total. The third-order valence-electron chi connectivity index (χ3n) is 1.91. The fourth-order valence-electron chi connectivity index (χ4n) is 0.810. The molecular formula is C9H18N2. The highest BCUT2D eigenvalue weighted by Crippen LogP contribution is 1.97. The molecule has 0 saturated heterocycles. The van der Waals surface area contributed by atoms with Crippen LogP contribution < -0.4 is 0 Å². The van der Waals surface area contributed by atoms with Crippen molar-refractivity contribution in [1.29, 1.82) is 0 Å². The first-order chi connectivity index (χ1) is 5.18. The molecule has 0 spiro atoms. The topological polar surface area (TPSA) is 7.60 Å². The first-order valence-corrected chi connectivity index (χ1v) is 4.22. The van der Waals surface area contributed by atoms with E-state index in [2.05, 4.69) is 30.6 Å². The highest BCUT2D eigenvalue weighted by molar-refractivity contribution is 4.61. The molecular weight excluding hydrogens is 136 g/mol. The molecule has 0 aromatic carbocycles. The van der Waals surface area contributed by atoms with Crippen molar-refractivity contribution in [1.82, 2.24) is 4.90 Å². The molecule has 0 aromatic heterocycles. The highest BCUT2D eigenvalue weighted by atomic mass is 15.1. The van der Waals surface area contributed by atoms with Gasteiger partial charge in [0.25, 0.3) is 0 Å². The maximum atomic E-state index is 6.58. The van der Waals surface area contributed by atoms with Crippen LogP contribution in [0, 0.1) is 6.57 Å². The van der Waals surface area contributed by atoms with Crippen molar-refractivity contribution in [3.05, 3.63) is 11.4 Å². The van der Waals surface area contributed by atoms with Crippen molar-refractivity contribution in [3.8, 4) is 0 Å². The molecule has 0 aliphatic carbocycles. The lowest BCUT2D eigenvalue weighted by molar-refractivity contribution is 0.269. The van der Waals surface area contributed by atoms with Crippen LogP contribution in [0.2, 0.25) is 0 Å². The van der Waals surface area contributed by atoms with Crippen LogP contribution in [0.15, 0.2) is 0 Å². The first kappa shape index (κ1) is 10.4. The van der Waals surface area contributed by atoms with Gasteiger partial charge in [0.1, 0.15) is 0 Å². The van der Waals surface area contributed by atoms with Gasteiger partial charge in [-0.2, -0.15) is 0 Å². The molecule has 64 valence electrons. The molecule has 2 heteroatoms. The lowest BCUT2D eigenvalue weighted by atomic mass is 10.2. The van der Waals surface area contributed by atoms with Gasteiger partial charge in [0.15, 0.2) is 0 Å². The maximum Gasteiger partial charge on any atom is 0.214 e. The van der Waals surface area contributed by atoms with E-state index in [0.717, 1.165) is 19.4 Å². The lowest BCUT2D eigenvalue weighted by Gasteiger charge is -2.19. The summed E-state index contributed by atoms with van der Waals surface area (Å²) >= 11 is 0. The number of nitrogens with zero attached hydrogens (tertiary/aromatic N) is 2. The molecule has 0 atom stereocenters. The second kappa shape index (κ2) is 6.18. The molecule has 0 bridgehead atoms. The number of hydrogen-bond donors (Lipinski definition) is 0. The van der Waals surface area contributed by atoms with Gasteiger partial charge in [-0.25, -0.2) is 6.57 Å². The maximum absolute atomic E-state index is 6.58. The lowest BCUT2D eigenvalue weighted by Crippen LogP contribution is -2.27. The predicted molar refractivity (Wildman–Crippen MR) is 48.5 cm³/mol. The van der Waals surface area contributed by atoms with Gasteiger partial charge >= 0.3 is 0 Å². The van der Waals surface area contributed by atoms with Crippen molar-refractivity contribution in [2.45, 2.75) is 32.7 Å². The summed E-state index contributed by atoms with van der Waals surface area (Å²) in [6, 6.07) is 0.628. The van der Waals surface area contributed by atoms with E-state index < -0.39 is 0 Å². The highest BCUT2D eigenvalue weighted by Gasteiger charge is 2.01. The van der Waals surface area contributed by atoms with Crippen molar-refractivity contribution < 1.29 is 0 Å². The van der Waals surface area contributed by atoms with Crippen LogP contribution in [0.5, 0.6) is 0 Å². The second-order valence-corrected chi connectivity index (χ2v) is 3.16. The van der Waals surface area contributed by atoms with Gasteiger partial charge in [0, 0.05) is 12.5 Å². The molecule has 0 unspecified atom stereocenters. The smallest absolute Gasteiger partial charge is 0.214 e. The van der Waals surface area contributed by atoms with Crippen molar-refractivity contribution in [2.75, 3.05) is 20.1 Å². The Balaban J connectivity index is 3.19. The predicted octanol–water partition coefficient (Wildman–Crippen LogP) is 2.03. The normalized spacial score (nSPS) is 10.5. The SMILES string of the molecule is [C-]#[N+]CCCCN(C)C(C)C. The Labute approximate surface area is 70.0 Å². The molecule has 2 nitrogen and oxygen atoms in total. The van der Waals surface area contributed by atoms with Crippen molar-refractivity contribution >= 4 is 0 Å². The van der Waals surface area contributed by atoms with Gasteiger partial charge in [-0.3, -0.25) is 0 Å². The van der Waals surface area contributed by atoms with Crippen LogP contribution in [0.4, 0.5) is 0 Å². The van der Waals surface area contributed by atoms with Gasteiger partial charge < -0.3 is 9.74 Å². The van der Waals surface area contributed by atoms with Crippen molar-refractivity contribution in [2.24, 2.45) is 0 Å². The van der Waals surface area contributed by atoms with E-state index in [4.69, 9.17) is 6.57 Å². The average Bonchev–Trinajstić information content (AvgIpc) is 1.97. The van der Waals surface area contributed by atoms with E-state index in [1.54, 1.807) is 0 Å². The van der Waals surface area contributed by atoms with Gasteiger partial charge in [-0.15, -0.1) is 0 Å². The Morgan fingerprint density at radius 2 is 2.00 bits per heavy atom. The Bertz CT molecular complexity index is 124. The molecule has 0 saturated carbocycles. The largest absolute Gasteiger partial charge is 0.317 e. The summed E-state index contributed by atoms with van der Waals surface area (Å²) in [7, 11) is 2.13. The van der Waals surface area contributed by atoms with Gasteiger partial charge in [0.05, 0.1) is 0 Å². The van der Waals surface area contributed by atoms with Crippen LogP contribution in [0.1, 0.15) is 26.7 Å². The first-order valence-electron chi connectivity index (χ1n) is 4.22.